The lowest BCUT2D eigenvalue weighted by Gasteiger charge is -2.35. The number of aryl methyl sites for hydroxylation is 1. The second-order valence-electron chi connectivity index (χ2n) is 6.75. The van der Waals surface area contributed by atoms with Crippen LogP contribution in [0, 0.1) is 5.92 Å². The van der Waals surface area contributed by atoms with E-state index in [1.54, 1.807) is 19.2 Å². The summed E-state index contributed by atoms with van der Waals surface area (Å²) in [5.41, 5.74) is 1.82. The minimum Gasteiger partial charge on any atom is -0.508 e. The number of methoxy groups -OCH3 is 1. The quantitative estimate of drug-likeness (QED) is 0.631. The largest absolute Gasteiger partial charge is 0.508 e. The minimum atomic E-state index is -1.10. The number of hydrogen-bond acceptors (Lipinski definition) is 3. The standard InChI is InChI=1S/C24H25O3/c1-18(20-10-12-22(25)13-11-20)24(26,21-6-4-3-5-7-21)17-16-19-8-14-23(27-2)15-9-19/h3-15,25-26H,16-17H2,1-2H3. The first-order valence-corrected chi connectivity index (χ1v) is 9.07. The number of phenolic OH excluding ortho intramolecular Hbond substituents is 1. The van der Waals surface area contributed by atoms with Gasteiger partial charge in [-0.15, -0.1) is 0 Å². The summed E-state index contributed by atoms with van der Waals surface area (Å²) < 4.78 is 5.22. The Labute approximate surface area is 160 Å². The van der Waals surface area contributed by atoms with E-state index in [2.05, 4.69) is 0 Å². The molecule has 0 aromatic heterocycles. The van der Waals surface area contributed by atoms with E-state index in [-0.39, 0.29) is 5.75 Å². The molecule has 0 aliphatic heterocycles. The Hall–Kier alpha value is -2.78. The molecular weight excluding hydrogens is 336 g/mol. The van der Waals surface area contributed by atoms with Gasteiger partial charge in [-0.05, 0) is 53.8 Å². The van der Waals surface area contributed by atoms with Gasteiger partial charge in [0.1, 0.15) is 17.1 Å². The minimum absolute atomic E-state index is 0.216. The summed E-state index contributed by atoms with van der Waals surface area (Å²) in [6.07, 6.45) is 1.28. The van der Waals surface area contributed by atoms with Gasteiger partial charge in [0, 0.05) is 5.92 Å². The van der Waals surface area contributed by atoms with Gasteiger partial charge in [-0.2, -0.15) is 0 Å². The summed E-state index contributed by atoms with van der Waals surface area (Å²) in [7, 11) is 1.65. The van der Waals surface area contributed by atoms with Crippen LogP contribution in [-0.2, 0) is 12.0 Å². The molecule has 0 spiro atoms. The van der Waals surface area contributed by atoms with Gasteiger partial charge in [0.15, 0.2) is 0 Å². The van der Waals surface area contributed by atoms with Crippen LogP contribution in [0.4, 0.5) is 0 Å². The number of ether oxygens (including phenoxy) is 1. The highest BCUT2D eigenvalue weighted by Crippen LogP contribution is 2.40. The van der Waals surface area contributed by atoms with E-state index in [9.17, 15) is 10.2 Å². The third kappa shape index (κ3) is 4.32. The van der Waals surface area contributed by atoms with Gasteiger partial charge in [-0.3, -0.25) is 0 Å². The molecule has 0 aliphatic rings. The first-order chi connectivity index (χ1) is 13.0. The van der Waals surface area contributed by atoms with Crippen molar-refractivity contribution in [2.75, 3.05) is 7.11 Å². The summed E-state index contributed by atoms with van der Waals surface area (Å²) in [6, 6.07) is 24.6. The number of benzene rings is 3. The van der Waals surface area contributed by atoms with Gasteiger partial charge < -0.3 is 14.9 Å². The maximum Gasteiger partial charge on any atom is 0.118 e. The van der Waals surface area contributed by atoms with E-state index in [1.165, 1.54) is 0 Å². The molecule has 3 nitrogen and oxygen atoms in total. The van der Waals surface area contributed by atoms with E-state index in [1.807, 2.05) is 73.7 Å². The first-order valence-electron chi connectivity index (χ1n) is 9.07. The molecule has 0 saturated carbocycles. The molecule has 27 heavy (non-hydrogen) atoms. The van der Waals surface area contributed by atoms with Crippen LogP contribution in [0.2, 0.25) is 0 Å². The second kappa shape index (κ2) is 8.28. The highest BCUT2D eigenvalue weighted by Gasteiger charge is 2.36. The molecule has 0 heterocycles. The third-order valence-electron chi connectivity index (χ3n) is 5.11. The summed E-state index contributed by atoms with van der Waals surface area (Å²) in [6.45, 7) is 1.95. The molecule has 0 bridgehead atoms. The van der Waals surface area contributed by atoms with Crippen molar-refractivity contribution in [3.05, 3.63) is 101 Å². The van der Waals surface area contributed by atoms with Crippen molar-refractivity contribution >= 4 is 0 Å². The first kappa shape index (κ1) is 19.0. The topological polar surface area (TPSA) is 49.7 Å². The van der Waals surface area contributed by atoms with Crippen molar-refractivity contribution in [1.29, 1.82) is 0 Å². The van der Waals surface area contributed by atoms with E-state index in [4.69, 9.17) is 4.74 Å². The molecule has 2 N–H and O–H groups in total. The Morgan fingerprint density at radius 2 is 1.52 bits per heavy atom. The Balaban J connectivity index is 1.88. The lowest BCUT2D eigenvalue weighted by atomic mass is 9.75. The fraction of sp³-hybridized carbons (Fsp3) is 0.208. The molecule has 1 unspecified atom stereocenters. The van der Waals surface area contributed by atoms with Crippen molar-refractivity contribution < 1.29 is 14.9 Å². The maximum atomic E-state index is 11.7. The maximum absolute atomic E-state index is 11.7. The van der Waals surface area contributed by atoms with Crippen LogP contribution in [-0.4, -0.2) is 17.3 Å². The van der Waals surface area contributed by atoms with Crippen LogP contribution in [0.5, 0.6) is 11.5 Å². The van der Waals surface area contributed by atoms with Crippen molar-refractivity contribution in [2.45, 2.75) is 25.4 Å². The highest BCUT2D eigenvalue weighted by atomic mass is 16.5. The fourth-order valence-electron chi connectivity index (χ4n) is 3.33. The van der Waals surface area contributed by atoms with Crippen molar-refractivity contribution in [1.82, 2.24) is 0 Å². The van der Waals surface area contributed by atoms with Crippen LogP contribution in [0.15, 0.2) is 78.9 Å². The summed E-state index contributed by atoms with van der Waals surface area (Å²) >= 11 is 0. The van der Waals surface area contributed by atoms with Crippen LogP contribution in [0.3, 0.4) is 0 Å². The molecule has 139 valence electrons. The van der Waals surface area contributed by atoms with Gasteiger partial charge in [-0.25, -0.2) is 0 Å². The molecule has 1 radical (unpaired) electrons. The highest BCUT2D eigenvalue weighted by molar-refractivity contribution is 5.42. The zero-order valence-corrected chi connectivity index (χ0v) is 15.7. The molecule has 3 aromatic carbocycles. The zero-order chi connectivity index (χ0) is 19.3. The molecule has 3 heteroatoms. The molecule has 0 fully saturated rings. The SMILES string of the molecule is COc1ccc(CCC(O)([C](C)c2ccc(O)cc2)c2ccccc2)cc1. The predicted octanol–water partition coefficient (Wildman–Crippen LogP) is 4.86. The van der Waals surface area contributed by atoms with E-state index >= 15 is 0 Å². The fourth-order valence-corrected chi connectivity index (χ4v) is 3.33. The Bertz CT molecular complexity index is 841. The summed E-state index contributed by atoms with van der Waals surface area (Å²) in [5, 5.41) is 21.3. The number of aromatic hydroxyl groups is 1. The number of aliphatic hydroxyl groups is 1. The van der Waals surface area contributed by atoms with Crippen LogP contribution in [0.1, 0.15) is 30.0 Å². The normalized spacial score (nSPS) is 13.3. The lowest BCUT2D eigenvalue weighted by molar-refractivity contribution is 0.0481. The van der Waals surface area contributed by atoms with Crippen LogP contribution < -0.4 is 4.74 Å². The molecular formula is C24H25O3. The number of rotatable bonds is 7. The van der Waals surface area contributed by atoms with Gasteiger partial charge in [0.25, 0.3) is 0 Å². The van der Waals surface area contributed by atoms with Crippen LogP contribution >= 0.6 is 0 Å². The van der Waals surface area contributed by atoms with E-state index < -0.39 is 5.60 Å². The van der Waals surface area contributed by atoms with E-state index in [0.29, 0.717) is 6.42 Å². The Morgan fingerprint density at radius 3 is 2.11 bits per heavy atom. The molecule has 1 atom stereocenters. The second-order valence-corrected chi connectivity index (χ2v) is 6.75. The van der Waals surface area contributed by atoms with E-state index in [0.717, 1.165) is 34.8 Å². The third-order valence-corrected chi connectivity index (χ3v) is 5.11. The van der Waals surface area contributed by atoms with Gasteiger partial charge in [0.2, 0.25) is 0 Å². The molecule has 3 aromatic rings. The average molecular weight is 361 g/mol. The van der Waals surface area contributed by atoms with Gasteiger partial charge >= 0.3 is 0 Å². The number of phenols is 1. The Morgan fingerprint density at radius 1 is 0.889 bits per heavy atom. The van der Waals surface area contributed by atoms with Gasteiger partial charge in [0.05, 0.1) is 7.11 Å². The zero-order valence-electron chi connectivity index (χ0n) is 15.7. The summed E-state index contributed by atoms with van der Waals surface area (Å²) in [4.78, 5) is 0. The smallest absolute Gasteiger partial charge is 0.118 e. The van der Waals surface area contributed by atoms with Crippen molar-refractivity contribution in [2.24, 2.45) is 0 Å². The van der Waals surface area contributed by atoms with Crippen molar-refractivity contribution in [3.8, 4) is 11.5 Å². The lowest BCUT2D eigenvalue weighted by Crippen LogP contribution is -2.33. The van der Waals surface area contributed by atoms with Gasteiger partial charge in [-0.1, -0.05) is 61.5 Å². The average Bonchev–Trinajstić information content (AvgIpc) is 2.73. The molecule has 0 amide bonds. The molecule has 0 aliphatic carbocycles. The molecule has 3 rings (SSSR count). The predicted molar refractivity (Wildman–Crippen MR) is 108 cm³/mol. The molecule has 0 saturated heterocycles. The summed E-state index contributed by atoms with van der Waals surface area (Å²) in [5.74, 6) is 1.90. The van der Waals surface area contributed by atoms with Crippen molar-refractivity contribution in [3.63, 3.8) is 0 Å². The monoisotopic (exact) mass is 361 g/mol. The van der Waals surface area contributed by atoms with Crippen LogP contribution in [0.25, 0.3) is 0 Å². The number of hydrogen-bond donors (Lipinski definition) is 2. The Kier molecular flexibility index (Phi) is 5.82.